The number of rotatable bonds is 3. The van der Waals surface area contributed by atoms with Crippen molar-refractivity contribution < 1.29 is 4.74 Å². The van der Waals surface area contributed by atoms with E-state index in [1.807, 2.05) is 12.1 Å². The smallest absolute Gasteiger partial charge is 0.299 e. The first-order valence-corrected chi connectivity index (χ1v) is 8.66. The highest BCUT2D eigenvalue weighted by molar-refractivity contribution is 7.13. The van der Waals surface area contributed by atoms with Crippen LogP contribution in [0.3, 0.4) is 0 Å². The van der Waals surface area contributed by atoms with E-state index < -0.39 is 0 Å². The Bertz CT molecular complexity index is 616. The number of ether oxygens (including phenoxy) is 1. The van der Waals surface area contributed by atoms with Crippen molar-refractivity contribution in [1.29, 1.82) is 0 Å². The third-order valence-electron chi connectivity index (χ3n) is 3.94. The Hall–Kier alpha value is -1.17. The zero-order valence-corrected chi connectivity index (χ0v) is 15.5. The number of piperidine rings is 1. The lowest BCUT2D eigenvalue weighted by Crippen LogP contribution is -2.26. The molecule has 23 heavy (non-hydrogen) atoms. The van der Waals surface area contributed by atoms with Crippen molar-refractivity contribution in [3.05, 3.63) is 34.8 Å². The van der Waals surface area contributed by atoms with Gasteiger partial charge in [0.05, 0.1) is 0 Å². The summed E-state index contributed by atoms with van der Waals surface area (Å²) in [6.45, 7) is 8.62. The maximum Gasteiger partial charge on any atom is 0.299 e. The van der Waals surface area contributed by atoms with E-state index in [2.05, 4.69) is 48.4 Å². The third kappa shape index (κ3) is 4.66. The molecular formula is C17H24ClN3OS. The van der Waals surface area contributed by atoms with Gasteiger partial charge in [-0.15, -0.1) is 17.5 Å². The maximum atomic E-state index is 5.83. The SMILES string of the molecule is CC(C)(C)c1nnc(Oc2ccc(C3CCNCC3)cc2)s1.Cl. The molecule has 0 unspecified atom stereocenters. The predicted octanol–water partition coefficient (Wildman–Crippen LogP) is 4.52. The van der Waals surface area contributed by atoms with Crippen LogP contribution in [0.15, 0.2) is 24.3 Å². The van der Waals surface area contributed by atoms with Crippen LogP contribution in [0.1, 0.15) is 50.1 Å². The van der Waals surface area contributed by atoms with E-state index in [0.717, 1.165) is 23.8 Å². The van der Waals surface area contributed by atoms with Gasteiger partial charge in [0, 0.05) is 5.41 Å². The van der Waals surface area contributed by atoms with E-state index in [-0.39, 0.29) is 17.8 Å². The van der Waals surface area contributed by atoms with Crippen LogP contribution in [0, 0.1) is 0 Å². The topological polar surface area (TPSA) is 47.0 Å². The van der Waals surface area contributed by atoms with Crippen LogP contribution < -0.4 is 10.1 Å². The molecule has 0 bridgehead atoms. The standard InChI is InChI=1S/C17H23N3OS.ClH/c1-17(2,3)15-19-20-16(22-15)21-14-6-4-12(5-7-14)13-8-10-18-11-9-13;/h4-7,13,18H,8-11H2,1-3H3;1H. The molecule has 126 valence electrons. The average molecular weight is 354 g/mol. The molecule has 1 N–H and O–H groups in total. The number of aromatic nitrogens is 2. The summed E-state index contributed by atoms with van der Waals surface area (Å²) in [4.78, 5) is 0. The molecule has 2 aromatic rings. The number of nitrogens with one attached hydrogen (secondary N) is 1. The van der Waals surface area contributed by atoms with Crippen molar-refractivity contribution in [3.8, 4) is 10.9 Å². The van der Waals surface area contributed by atoms with Crippen LogP contribution in [0.25, 0.3) is 0 Å². The predicted molar refractivity (Wildman–Crippen MR) is 97.2 cm³/mol. The van der Waals surface area contributed by atoms with E-state index >= 15 is 0 Å². The van der Waals surface area contributed by atoms with Gasteiger partial charge in [-0.1, -0.05) is 49.3 Å². The van der Waals surface area contributed by atoms with Crippen LogP contribution in [-0.4, -0.2) is 23.3 Å². The molecule has 1 aliphatic rings. The highest BCUT2D eigenvalue weighted by atomic mass is 35.5. The van der Waals surface area contributed by atoms with Gasteiger partial charge in [-0.25, -0.2) is 0 Å². The van der Waals surface area contributed by atoms with Gasteiger partial charge in [0.1, 0.15) is 10.8 Å². The summed E-state index contributed by atoms with van der Waals surface area (Å²) in [5, 5.41) is 13.3. The summed E-state index contributed by atoms with van der Waals surface area (Å²) >= 11 is 1.51. The van der Waals surface area contributed by atoms with Gasteiger partial charge in [0.25, 0.3) is 5.19 Å². The van der Waals surface area contributed by atoms with Gasteiger partial charge in [-0.2, -0.15) is 0 Å². The van der Waals surface area contributed by atoms with Crippen LogP contribution in [0.2, 0.25) is 0 Å². The quantitative estimate of drug-likeness (QED) is 0.881. The van der Waals surface area contributed by atoms with Crippen molar-refractivity contribution in [3.63, 3.8) is 0 Å². The zero-order valence-electron chi connectivity index (χ0n) is 13.8. The first kappa shape index (κ1) is 18.2. The highest BCUT2D eigenvalue weighted by Gasteiger charge is 2.20. The lowest BCUT2D eigenvalue weighted by Gasteiger charge is -2.23. The lowest BCUT2D eigenvalue weighted by atomic mass is 9.90. The van der Waals surface area contributed by atoms with Gasteiger partial charge in [-0.05, 0) is 49.5 Å². The lowest BCUT2D eigenvalue weighted by molar-refractivity contribution is 0.457. The molecule has 0 saturated carbocycles. The van der Waals surface area contributed by atoms with Crippen molar-refractivity contribution in [2.75, 3.05) is 13.1 Å². The summed E-state index contributed by atoms with van der Waals surface area (Å²) in [6, 6.07) is 8.43. The Balaban J connectivity index is 0.00000192. The summed E-state index contributed by atoms with van der Waals surface area (Å²) in [6.07, 6.45) is 2.43. The fraction of sp³-hybridized carbons (Fsp3) is 0.529. The van der Waals surface area contributed by atoms with Crippen LogP contribution >= 0.6 is 23.7 Å². The van der Waals surface area contributed by atoms with Crippen molar-refractivity contribution in [2.24, 2.45) is 0 Å². The monoisotopic (exact) mass is 353 g/mol. The van der Waals surface area contributed by atoms with Gasteiger partial charge in [0.2, 0.25) is 0 Å². The van der Waals surface area contributed by atoms with E-state index in [1.54, 1.807) is 0 Å². The number of hydrogen-bond acceptors (Lipinski definition) is 5. The first-order chi connectivity index (χ1) is 10.5. The van der Waals surface area contributed by atoms with Crippen molar-refractivity contribution >= 4 is 23.7 Å². The molecule has 1 saturated heterocycles. The van der Waals surface area contributed by atoms with Crippen LogP contribution in [0.4, 0.5) is 0 Å². The largest absolute Gasteiger partial charge is 0.430 e. The molecule has 6 heteroatoms. The molecule has 0 spiro atoms. The molecule has 0 aliphatic carbocycles. The zero-order chi connectivity index (χ0) is 15.6. The molecular weight excluding hydrogens is 330 g/mol. The molecule has 2 heterocycles. The van der Waals surface area contributed by atoms with E-state index in [0.29, 0.717) is 11.1 Å². The first-order valence-electron chi connectivity index (χ1n) is 7.85. The molecule has 1 aromatic carbocycles. The summed E-state index contributed by atoms with van der Waals surface area (Å²) in [5.74, 6) is 1.50. The summed E-state index contributed by atoms with van der Waals surface area (Å²) < 4.78 is 5.83. The molecule has 3 rings (SSSR count). The molecule has 0 radical (unpaired) electrons. The minimum atomic E-state index is 0. The van der Waals surface area contributed by atoms with Gasteiger partial charge < -0.3 is 10.1 Å². The van der Waals surface area contributed by atoms with Gasteiger partial charge in [0.15, 0.2) is 0 Å². The fourth-order valence-corrected chi connectivity index (χ4v) is 3.39. The Morgan fingerprint density at radius 2 is 1.74 bits per heavy atom. The highest BCUT2D eigenvalue weighted by Crippen LogP contribution is 2.32. The minimum Gasteiger partial charge on any atom is -0.430 e. The average Bonchev–Trinajstić information content (AvgIpc) is 2.98. The molecule has 1 aromatic heterocycles. The fourth-order valence-electron chi connectivity index (χ4n) is 2.62. The molecule has 4 nitrogen and oxygen atoms in total. The molecule has 0 amide bonds. The second-order valence-corrected chi connectivity index (χ2v) is 7.76. The number of hydrogen-bond donors (Lipinski definition) is 1. The normalized spacial score (nSPS) is 16.0. The summed E-state index contributed by atoms with van der Waals surface area (Å²) in [5.41, 5.74) is 1.42. The van der Waals surface area contributed by atoms with E-state index in [1.165, 1.54) is 29.7 Å². The Morgan fingerprint density at radius 1 is 1.09 bits per heavy atom. The van der Waals surface area contributed by atoms with Crippen molar-refractivity contribution in [2.45, 2.75) is 44.9 Å². The van der Waals surface area contributed by atoms with Gasteiger partial charge in [-0.3, -0.25) is 0 Å². The Morgan fingerprint density at radius 3 is 2.30 bits per heavy atom. The Labute approximate surface area is 148 Å². The van der Waals surface area contributed by atoms with E-state index in [4.69, 9.17) is 4.74 Å². The molecule has 1 fully saturated rings. The number of halogens is 1. The van der Waals surface area contributed by atoms with Gasteiger partial charge >= 0.3 is 0 Å². The van der Waals surface area contributed by atoms with Crippen LogP contribution in [0.5, 0.6) is 10.9 Å². The Kier molecular flexibility index (Phi) is 6.00. The number of benzene rings is 1. The second kappa shape index (κ2) is 7.60. The molecule has 1 aliphatic heterocycles. The third-order valence-corrected chi connectivity index (χ3v) is 5.17. The van der Waals surface area contributed by atoms with Crippen LogP contribution in [-0.2, 0) is 5.41 Å². The maximum absolute atomic E-state index is 5.83. The molecule has 0 atom stereocenters. The second-order valence-electron chi connectivity index (χ2n) is 6.82. The van der Waals surface area contributed by atoms with E-state index in [9.17, 15) is 0 Å². The summed E-state index contributed by atoms with van der Waals surface area (Å²) in [7, 11) is 0. The minimum absolute atomic E-state index is 0. The van der Waals surface area contributed by atoms with Crippen molar-refractivity contribution in [1.82, 2.24) is 15.5 Å². The number of nitrogens with zero attached hydrogens (tertiary/aromatic N) is 2.